The molecule has 0 amide bonds. The molecule has 0 aromatic heterocycles. The molecule has 0 bridgehead atoms. The van der Waals surface area contributed by atoms with Crippen LogP contribution in [0.3, 0.4) is 0 Å². The summed E-state index contributed by atoms with van der Waals surface area (Å²) in [6.07, 6.45) is 1.52. The number of nitrogens with zero attached hydrogens (tertiary/aromatic N) is 3. The SMILES string of the molecule is O=C1C=C(N2CC2)C(=O)C(N2CC2)=C1N1CC1.O=P(O)(O)O.OB(O)O. The lowest BCUT2D eigenvalue weighted by Crippen LogP contribution is -2.29. The van der Waals surface area contributed by atoms with Crippen molar-refractivity contribution >= 4 is 26.7 Å². The van der Waals surface area contributed by atoms with E-state index >= 15 is 0 Å². The molecule has 144 valence electrons. The van der Waals surface area contributed by atoms with Crippen LogP contribution in [0.2, 0.25) is 0 Å². The van der Waals surface area contributed by atoms with Crippen LogP contribution < -0.4 is 0 Å². The number of allylic oxidation sites excluding steroid dienone is 1. The molecule has 26 heavy (non-hydrogen) atoms. The number of ketones is 2. The number of hydrogen-bond acceptors (Lipinski definition) is 9. The minimum absolute atomic E-state index is 0.00546. The first kappa shape index (κ1) is 20.6. The van der Waals surface area contributed by atoms with E-state index < -0.39 is 15.1 Å². The summed E-state index contributed by atoms with van der Waals surface area (Å²) < 4.78 is 8.88. The second-order valence-electron chi connectivity index (χ2n) is 5.74. The molecule has 0 unspecified atom stereocenters. The van der Waals surface area contributed by atoms with Gasteiger partial charge in [-0.2, -0.15) is 0 Å². The molecule has 1 aliphatic carbocycles. The Balaban J connectivity index is 0.000000229. The van der Waals surface area contributed by atoms with Crippen molar-refractivity contribution in [2.24, 2.45) is 0 Å². The molecule has 0 spiro atoms. The Labute approximate surface area is 148 Å². The average molecular weight is 391 g/mol. The van der Waals surface area contributed by atoms with Gasteiger partial charge in [0.25, 0.3) is 0 Å². The molecule has 3 heterocycles. The second-order valence-corrected chi connectivity index (χ2v) is 6.77. The van der Waals surface area contributed by atoms with Crippen molar-refractivity contribution in [1.82, 2.24) is 14.7 Å². The molecule has 4 aliphatic rings. The van der Waals surface area contributed by atoms with Crippen molar-refractivity contribution in [3.63, 3.8) is 0 Å². The van der Waals surface area contributed by atoms with Crippen LogP contribution in [0, 0.1) is 0 Å². The Kier molecular flexibility index (Phi) is 6.24. The molecule has 3 fully saturated rings. The molecule has 3 saturated heterocycles. The summed E-state index contributed by atoms with van der Waals surface area (Å²) in [5, 5.41) is 21.5. The zero-order chi connectivity index (χ0) is 19.6. The van der Waals surface area contributed by atoms with Gasteiger partial charge in [0.1, 0.15) is 11.4 Å². The predicted octanol–water partition coefficient (Wildman–Crippen LogP) is -3.80. The van der Waals surface area contributed by atoms with E-state index in [2.05, 4.69) is 0 Å². The van der Waals surface area contributed by atoms with Crippen molar-refractivity contribution in [3.8, 4) is 0 Å². The smallest absolute Gasteiger partial charge is 0.402 e. The lowest BCUT2D eigenvalue weighted by atomic mass is 10.0. The Morgan fingerprint density at radius 2 is 1.15 bits per heavy atom. The minimum Gasteiger partial charge on any atom is -0.402 e. The summed E-state index contributed by atoms with van der Waals surface area (Å²) in [6.45, 7) is 5.41. The maximum atomic E-state index is 12.4. The molecule has 3 aliphatic heterocycles. The van der Waals surface area contributed by atoms with E-state index in [0.29, 0.717) is 17.1 Å². The summed E-state index contributed by atoms with van der Waals surface area (Å²) in [4.78, 5) is 52.0. The second kappa shape index (κ2) is 7.88. The summed E-state index contributed by atoms with van der Waals surface area (Å²) >= 11 is 0. The highest BCUT2D eigenvalue weighted by Gasteiger charge is 2.43. The van der Waals surface area contributed by atoms with E-state index in [-0.39, 0.29) is 11.6 Å². The van der Waals surface area contributed by atoms with Crippen LogP contribution in [-0.2, 0) is 14.2 Å². The maximum absolute atomic E-state index is 12.4. The minimum atomic E-state index is -4.64. The van der Waals surface area contributed by atoms with Crippen LogP contribution in [0.15, 0.2) is 23.2 Å². The van der Waals surface area contributed by atoms with Crippen molar-refractivity contribution in [2.45, 2.75) is 0 Å². The number of phosphoric acid groups is 1. The van der Waals surface area contributed by atoms with Crippen LogP contribution in [0.25, 0.3) is 0 Å². The third-order valence-electron chi connectivity index (χ3n) is 3.49. The highest BCUT2D eigenvalue weighted by atomic mass is 31.2. The molecule has 0 atom stereocenters. The fourth-order valence-electron chi connectivity index (χ4n) is 2.28. The fourth-order valence-corrected chi connectivity index (χ4v) is 2.28. The van der Waals surface area contributed by atoms with E-state index in [4.69, 9.17) is 34.3 Å². The van der Waals surface area contributed by atoms with Gasteiger partial charge in [-0.3, -0.25) is 9.59 Å². The molecular formula is C12H19BN3O9P. The van der Waals surface area contributed by atoms with E-state index in [0.717, 1.165) is 39.3 Å². The van der Waals surface area contributed by atoms with Gasteiger partial charge in [-0.1, -0.05) is 0 Å². The molecule has 6 N–H and O–H groups in total. The standard InChI is InChI=1S/C12H13N3O2.BH3O3.H3O4P/c16-9-7-8(13-1-2-13)12(17)11(15-5-6-15)10(9)14-3-4-14;2-1(3)4;1-5(2,3)4/h7H,1-6H2;2-4H;(H3,1,2,3,4). The molecule has 12 nitrogen and oxygen atoms in total. The van der Waals surface area contributed by atoms with Crippen molar-refractivity contribution in [2.75, 3.05) is 39.3 Å². The third-order valence-corrected chi connectivity index (χ3v) is 3.49. The predicted molar refractivity (Wildman–Crippen MR) is 86.5 cm³/mol. The van der Waals surface area contributed by atoms with Crippen LogP contribution in [0.5, 0.6) is 0 Å². The normalized spacial score (nSPS) is 20.7. The van der Waals surface area contributed by atoms with Crippen molar-refractivity contribution in [1.29, 1.82) is 0 Å². The van der Waals surface area contributed by atoms with Crippen LogP contribution in [0.4, 0.5) is 0 Å². The quantitative estimate of drug-likeness (QED) is 0.120. The fraction of sp³-hybridized carbons (Fsp3) is 0.500. The number of Topliss-reactive ketones (excluding diaryl/α,β-unsaturated/α-hetero) is 1. The van der Waals surface area contributed by atoms with Crippen LogP contribution in [0.1, 0.15) is 0 Å². The molecule has 14 heteroatoms. The number of carbonyl (C=O) groups excluding carboxylic acids is 2. The molecule has 0 aromatic carbocycles. The average Bonchev–Trinajstić information content (AvgIpc) is 3.34. The highest BCUT2D eigenvalue weighted by Crippen LogP contribution is 2.33. The van der Waals surface area contributed by atoms with E-state index in [1.54, 1.807) is 0 Å². The first-order valence-corrected chi connectivity index (χ1v) is 9.18. The van der Waals surface area contributed by atoms with Gasteiger partial charge in [-0.05, 0) is 0 Å². The number of hydrogen-bond donors (Lipinski definition) is 6. The monoisotopic (exact) mass is 391 g/mol. The summed E-state index contributed by atoms with van der Waals surface area (Å²) in [7, 11) is -6.81. The van der Waals surface area contributed by atoms with E-state index in [9.17, 15) is 9.59 Å². The van der Waals surface area contributed by atoms with E-state index in [1.165, 1.54) is 6.08 Å². The Bertz CT molecular complexity index is 681. The van der Waals surface area contributed by atoms with Crippen LogP contribution >= 0.6 is 7.82 Å². The van der Waals surface area contributed by atoms with Crippen LogP contribution in [-0.4, -0.2) is 103 Å². The molecular weight excluding hydrogens is 372 g/mol. The van der Waals surface area contributed by atoms with Gasteiger partial charge in [-0.15, -0.1) is 0 Å². The van der Waals surface area contributed by atoms with Crippen molar-refractivity contribution in [3.05, 3.63) is 23.2 Å². The third kappa shape index (κ3) is 6.54. The van der Waals surface area contributed by atoms with Gasteiger partial charge in [0.05, 0.1) is 5.70 Å². The lowest BCUT2D eigenvalue weighted by molar-refractivity contribution is -0.117. The molecule has 0 aromatic rings. The lowest BCUT2D eigenvalue weighted by Gasteiger charge is -2.21. The van der Waals surface area contributed by atoms with Gasteiger partial charge >= 0.3 is 15.1 Å². The highest BCUT2D eigenvalue weighted by molar-refractivity contribution is 7.45. The van der Waals surface area contributed by atoms with Gasteiger partial charge in [0, 0.05) is 45.3 Å². The number of carbonyl (C=O) groups is 2. The van der Waals surface area contributed by atoms with Gasteiger partial charge in [-0.25, -0.2) is 4.57 Å². The zero-order valence-corrected chi connectivity index (χ0v) is 14.5. The first-order chi connectivity index (χ1) is 12.0. The molecule has 4 rings (SSSR count). The topological polar surface area (TPSA) is 182 Å². The van der Waals surface area contributed by atoms with Gasteiger partial charge in [0.15, 0.2) is 0 Å². The van der Waals surface area contributed by atoms with Gasteiger partial charge in [0.2, 0.25) is 11.6 Å². The van der Waals surface area contributed by atoms with E-state index in [1.807, 2.05) is 14.7 Å². The Hall–Kier alpha value is -1.73. The summed E-state index contributed by atoms with van der Waals surface area (Å²) in [5.41, 5.74) is 1.89. The van der Waals surface area contributed by atoms with Gasteiger partial charge < -0.3 is 44.5 Å². The number of rotatable bonds is 3. The van der Waals surface area contributed by atoms with Crippen molar-refractivity contribution < 1.29 is 43.9 Å². The zero-order valence-electron chi connectivity index (χ0n) is 13.6. The molecule has 0 radical (unpaired) electrons. The Morgan fingerprint density at radius 3 is 1.50 bits per heavy atom. The maximum Gasteiger partial charge on any atom is 0.631 e. The Morgan fingerprint density at radius 1 is 0.808 bits per heavy atom. The first-order valence-electron chi connectivity index (χ1n) is 7.61. The largest absolute Gasteiger partial charge is 0.631 e. The summed E-state index contributed by atoms with van der Waals surface area (Å²) in [6, 6.07) is 0. The summed E-state index contributed by atoms with van der Waals surface area (Å²) in [5.74, 6) is 0.0485. The molecule has 0 saturated carbocycles.